The molecule has 1 saturated heterocycles. The van der Waals surface area contributed by atoms with Crippen LogP contribution in [-0.4, -0.2) is 31.3 Å². The minimum atomic E-state index is 0.511. The van der Waals surface area contributed by atoms with Gasteiger partial charge in [0.1, 0.15) is 0 Å². The Bertz CT molecular complexity index is 283. The number of hydrogen-bond acceptors (Lipinski definition) is 4. The standard InChI is InChI=1S/C10H14N2O2/c1-13-10-3-2-8(5-12-10)4-11-9-6-14-7-9/h2-3,5,9,11H,4,6-7H2,1H3. The average Bonchev–Trinajstić information content (AvgIpc) is 2.16. The fourth-order valence-electron chi connectivity index (χ4n) is 1.25. The van der Waals surface area contributed by atoms with Crippen LogP contribution < -0.4 is 10.1 Å². The number of pyridine rings is 1. The van der Waals surface area contributed by atoms with Gasteiger partial charge in [0.05, 0.1) is 26.4 Å². The Balaban J connectivity index is 1.83. The topological polar surface area (TPSA) is 43.4 Å². The normalized spacial score (nSPS) is 16.4. The van der Waals surface area contributed by atoms with E-state index in [9.17, 15) is 0 Å². The highest BCUT2D eigenvalue weighted by molar-refractivity contribution is 5.17. The lowest BCUT2D eigenvalue weighted by atomic mass is 10.2. The first kappa shape index (κ1) is 9.43. The van der Waals surface area contributed by atoms with E-state index in [1.165, 1.54) is 0 Å². The van der Waals surface area contributed by atoms with Crippen molar-refractivity contribution in [2.45, 2.75) is 12.6 Å². The predicted octanol–water partition coefficient (Wildman–Crippen LogP) is 0.579. The lowest BCUT2D eigenvalue weighted by Gasteiger charge is -2.26. The summed E-state index contributed by atoms with van der Waals surface area (Å²) in [5.74, 6) is 0.653. The smallest absolute Gasteiger partial charge is 0.212 e. The van der Waals surface area contributed by atoms with Gasteiger partial charge in [-0.1, -0.05) is 6.07 Å². The van der Waals surface area contributed by atoms with Crippen LogP contribution >= 0.6 is 0 Å². The minimum Gasteiger partial charge on any atom is -0.481 e. The van der Waals surface area contributed by atoms with E-state index in [1.807, 2.05) is 18.3 Å². The maximum absolute atomic E-state index is 5.06. The summed E-state index contributed by atoms with van der Waals surface area (Å²) in [7, 11) is 1.62. The van der Waals surface area contributed by atoms with Crippen molar-refractivity contribution in [3.05, 3.63) is 23.9 Å². The molecule has 2 heterocycles. The second-order valence-electron chi connectivity index (χ2n) is 3.32. The van der Waals surface area contributed by atoms with Crippen molar-refractivity contribution >= 4 is 0 Å². The molecule has 4 nitrogen and oxygen atoms in total. The quantitative estimate of drug-likeness (QED) is 0.761. The maximum Gasteiger partial charge on any atom is 0.212 e. The fourth-order valence-corrected chi connectivity index (χ4v) is 1.25. The van der Waals surface area contributed by atoms with Gasteiger partial charge in [-0.25, -0.2) is 4.98 Å². The van der Waals surface area contributed by atoms with Crippen LogP contribution in [0.5, 0.6) is 5.88 Å². The molecule has 0 aliphatic carbocycles. The van der Waals surface area contributed by atoms with E-state index in [-0.39, 0.29) is 0 Å². The monoisotopic (exact) mass is 194 g/mol. The summed E-state index contributed by atoms with van der Waals surface area (Å²) in [5.41, 5.74) is 1.16. The van der Waals surface area contributed by atoms with Gasteiger partial charge in [-0.05, 0) is 5.56 Å². The Morgan fingerprint density at radius 3 is 2.93 bits per heavy atom. The van der Waals surface area contributed by atoms with Crippen LogP contribution in [0.15, 0.2) is 18.3 Å². The zero-order valence-electron chi connectivity index (χ0n) is 8.19. The third-order valence-corrected chi connectivity index (χ3v) is 2.24. The molecule has 76 valence electrons. The summed E-state index contributed by atoms with van der Waals surface area (Å²) in [6.07, 6.45) is 1.82. The molecule has 0 spiro atoms. The number of hydrogen-bond donors (Lipinski definition) is 1. The molecule has 1 aromatic rings. The molecule has 4 heteroatoms. The molecule has 0 saturated carbocycles. The second kappa shape index (κ2) is 4.39. The third-order valence-electron chi connectivity index (χ3n) is 2.24. The molecular weight excluding hydrogens is 180 g/mol. The molecule has 1 fully saturated rings. The van der Waals surface area contributed by atoms with Crippen molar-refractivity contribution in [3.8, 4) is 5.88 Å². The Hall–Kier alpha value is -1.13. The van der Waals surface area contributed by atoms with Gasteiger partial charge in [0.2, 0.25) is 5.88 Å². The third kappa shape index (κ3) is 2.21. The van der Waals surface area contributed by atoms with Crippen LogP contribution in [-0.2, 0) is 11.3 Å². The molecule has 1 aromatic heterocycles. The van der Waals surface area contributed by atoms with Crippen molar-refractivity contribution in [2.75, 3.05) is 20.3 Å². The Morgan fingerprint density at radius 1 is 1.57 bits per heavy atom. The van der Waals surface area contributed by atoms with Gasteiger partial charge in [0.25, 0.3) is 0 Å². The van der Waals surface area contributed by atoms with Gasteiger partial charge in [0, 0.05) is 18.8 Å². The SMILES string of the molecule is COc1ccc(CNC2COC2)cn1. The number of nitrogens with zero attached hydrogens (tertiary/aromatic N) is 1. The van der Waals surface area contributed by atoms with Crippen LogP contribution in [0, 0.1) is 0 Å². The highest BCUT2D eigenvalue weighted by Crippen LogP contribution is 2.07. The van der Waals surface area contributed by atoms with Crippen LogP contribution in [0.25, 0.3) is 0 Å². The van der Waals surface area contributed by atoms with Gasteiger partial charge < -0.3 is 14.8 Å². The van der Waals surface area contributed by atoms with Crippen LogP contribution in [0.4, 0.5) is 0 Å². The Labute approximate surface area is 83.2 Å². The van der Waals surface area contributed by atoms with Crippen LogP contribution in [0.3, 0.4) is 0 Å². The largest absolute Gasteiger partial charge is 0.481 e. The lowest BCUT2D eigenvalue weighted by molar-refractivity contribution is -0.00579. The predicted molar refractivity (Wildman–Crippen MR) is 52.2 cm³/mol. The minimum absolute atomic E-state index is 0.511. The summed E-state index contributed by atoms with van der Waals surface area (Å²) in [6.45, 7) is 2.48. The molecule has 0 unspecified atom stereocenters. The van der Waals surface area contributed by atoms with E-state index < -0.39 is 0 Å². The van der Waals surface area contributed by atoms with E-state index in [0.29, 0.717) is 11.9 Å². The van der Waals surface area contributed by atoms with Crippen molar-refractivity contribution in [3.63, 3.8) is 0 Å². The van der Waals surface area contributed by atoms with E-state index in [2.05, 4.69) is 10.3 Å². The first-order valence-corrected chi connectivity index (χ1v) is 4.68. The maximum atomic E-state index is 5.06. The van der Waals surface area contributed by atoms with Gasteiger partial charge in [-0.2, -0.15) is 0 Å². The van der Waals surface area contributed by atoms with E-state index in [4.69, 9.17) is 9.47 Å². The molecule has 1 aliphatic heterocycles. The van der Waals surface area contributed by atoms with Gasteiger partial charge in [-0.15, -0.1) is 0 Å². The number of aromatic nitrogens is 1. The highest BCUT2D eigenvalue weighted by atomic mass is 16.5. The number of methoxy groups -OCH3 is 1. The molecule has 1 N–H and O–H groups in total. The molecule has 0 amide bonds. The highest BCUT2D eigenvalue weighted by Gasteiger charge is 2.16. The van der Waals surface area contributed by atoms with Crippen molar-refractivity contribution in [1.82, 2.24) is 10.3 Å². The van der Waals surface area contributed by atoms with Crippen LogP contribution in [0.2, 0.25) is 0 Å². The van der Waals surface area contributed by atoms with E-state index in [1.54, 1.807) is 7.11 Å². The summed E-state index contributed by atoms with van der Waals surface area (Å²) in [4.78, 5) is 4.13. The molecule has 2 rings (SSSR count). The van der Waals surface area contributed by atoms with E-state index >= 15 is 0 Å². The first-order chi connectivity index (χ1) is 6.88. The molecule has 14 heavy (non-hydrogen) atoms. The van der Waals surface area contributed by atoms with Gasteiger partial charge in [-0.3, -0.25) is 0 Å². The zero-order chi connectivity index (χ0) is 9.80. The van der Waals surface area contributed by atoms with Crippen molar-refractivity contribution < 1.29 is 9.47 Å². The van der Waals surface area contributed by atoms with Crippen LogP contribution in [0.1, 0.15) is 5.56 Å². The van der Waals surface area contributed by atoms with Gasteiger partial charge >= 0.3 is 0 Å². The molecule has 1 aliphatic rings. The van der Waals surface area contributed by atoms with E-state index in [0.717, 1.165) is 25.3 Å². The summed E-state index contributed by atoms with van der Waals surface area (Å²) in [6, 6.07) is 4.39. The summed E-state index contributed by atoms with van der Waals surface area (Å²) >= 11 is 0. The Morgan fingerprint density at radius 2 is 2.43 bits per heavy atom. The summed E-state index contributed by atoms with van der Waals surface area (Å²) in [5, 5.41) is 3.37. The Kier molecular flexibility index (Phi) is 2.96. The molecule has 0 radical (unpaired) electrons. The second-order valence-corrected chi connectivity index (χ2v) is 3.32. The molecule has 0 aromatic carbocycles. The molecular formula is C10H14N2O2. The molecule has 0 atom stereocenters. The molecule has 0 bridgehead atoms. The lowest BCUT2D eigenvalue weighted by Crippen LogP contribution is -2.45. The first-order valence-electron chi connectivity index (χ1n) is 4.68. The zero-order valence-corrected chi connectivity index (χ0v) is 8.19. The number of ether oxygens (including phenoxy) is 2. The number of nitrogens with one attached hydrogen (secondary N) is 1. The van der Waals surface area contributed by atoms with Gasteiger partial charge in [0.15, 0.2) is 0 Å². The average molecular weight is 194 g/mol. The summed E-state index contributed by atoms with van der Waals surface area (Å²) < 4.78 is 10.0. The van der Waals surface area contributed by atoms with Crippen molar-refractivity contribution in [2.24, 2.45) is 0 Å². The fraction of sp³-hybridized carbons (Fsp3) is 0.500. The number of rotatable bonds is 4. The van der Waals surface area contributed by atoms with Crippen molar-refractivity contribution in [1.29, 1.82) is 0 Å².